The average Bonchev–Trinajstić information content (AvgIpc) is 3.10. The van der Waals surface area contributed by atoms with E-state index in [-0.39, 0.29) is 24.0 Å². The van der Waals surface area contributed by atoms with E-state index in [1.807, 2.05) is 0 Å². The summed E-state index contributed by atoms with van der Waals surface area (Å²) in [5.74, 6) is -1.54. The van der Waals surface area contributed by atoms with Gasteiger partial charge in [0.1, 0.15) is 5.60 Å². The summed E-state index contributed by atoms with van der Waals surface area (Å²) in [6, 6.07) is 12.0. The predicted octanol–water partition coefficient (Wildman–Crippen LogP) is 4.05. The van der Waals surface area contributed by atoms with Gasteiger partial charge in [0.15, 0.2) is 0 Å². The van der Waals surface area contributed by atoms with Crippen LogP contribution in [0.4, 0.5) is 17.1 Å². The second-order valence-electron chi connectivity index (χ2n) is 8.18. The summed E-state index contributed by atoms with van der Waals surface area (Å²) in [4.78, 5) is 47.6. The third-order valence-corrected chi connectivity index (χ3v) is 6.07. The van der Waals surface area contributed by atoms with Gasteiger partial charge in [-0.25, -0.2) is 0 Å². The zero-order valence-corrected chi connectivity index (χ0v) is 17.3. The first-order chi connectivity index (χ1) is 15.4. The van der Waals surface area contributed by atoms with Gasteiger partial charge in [0.05, 0.1) is 17.3 Å². The topological polar surface area (TPSA) is 128 Å². The Balaban J connectivity index is 1.41. The van der Waals surface area contributed by atoms with Crippen LogP contribution in [0.1, 0.15) is 48.9 Å². The maximum Gasteiger partial charge on any atom is 0.307 e. The number of ether oxygens (including phenoxy) is 1. The molecule has 2 aromatic carbocycles. The number of nitrogens with zero attached hydrogens (tertiary/aromatic N) is 1. The minimum absolute atomic E-state index is 0.0789. The zero-order valence-electron chi connectivity index (χ0n) is 17.3. The maximum absolute atomic E-state index is 12.9. The van der Waals surface area contributed by atoms with Gasteiger partial charge in [-0.05, 0) is 56.0 Å². The summed E-state index contributed by atoms with van der Waals surface area (Å²) >= 11 is 0. The van der Waals surface area contributed by atoms with Crippen molar-refractivity contribution in [3.63, 3.8) is 0 Å². The van der Waals surface area contributed by atoms with E-state index in [9.17, 15) is 24.5 Å². The zero-order chi connectivity index (χ0) is 22.7. The van der Waals surface area contributed by atoms with Crippen molar-refractivity contribution < 1.29 is 24.0 Å². The van der Waals surface area contributed by atoms with Gasteiger partial charge in [-0.15, -0.1) is 0 Å². The molecule has 9 heteroatoms. The van der Waals surface area contributed by atoms with Crippen molar-refractivity contribution in [2.75, 3.05) is 10.6 Å². The number of esters is 1. The van der Waals surface area contributed by atoms with E-state index < -0.39 is 22.3 Å². The molecule has 0 radical (unpaired) electrons. The maximum atomic E-state index is 12.9. The quantitative estimate of drug-likeness (QED) is 0.413. The lowest BCUT2D eigenvalue weighted by atomic mass is 9.75. The Hall–Kier alpha value is -3.75. The molecule has 2 N–H and O–H groups in total. The van der Waals surface area contributed by atoms with Crippen molar-refractivity contribution in [3.05, 3.63) is 64.2 Å². The molecule has 1 heterocycles. The van der Waals surface area contributed by atoms with Crippen molar-refractivity contribution in [2.45, 2.75) is 44.1 Å². The van der Waals surface area contributed by atoms with E-state index in [1.165, 1.54) is 18.2 Å². The highest BCUT2D eigenvalue weighted by Gasteiger charge is 2.52. The highest BCUT2D eigenvalue weighted by atomic mass is 16.6. The number of benzene rings is 2. The minimum Gasteiger partial charge on any atom is -0.458 e. The second kappa shape index (κ2) is 8.78. The molecule has 1 atom stereocenters. The van der Waals surface area contributed by atoms with Gasteiger partial charge in [0.25, 0.3) is 11.6 Å². The Kier molecular flexibility index (Phi) is 5.89. The average molecular weight is 437 g/mol. The number of rotatable bonds is 5. The number of carbonyl (C=O) groups is 3. The lowest BCUT2D eigenvalue weighted by Crippen LogP contribution is -2.43. The molecule has 0 bridgehead atoms. The predicted molar refractivity (Wildman–Crippen MR) is 116 cm³/mol. The monoisotopic (exact) mass is 437 g/mol. The summed E-state index contributed by atoms with van der Waals surface area (Å²) in [5, 5.41) is 16.3. The van der Waals surface area contributed by atoms with Crippen LogP contribution < -0.4 is 10.6 Å². The number of amides is 2. The lowest BCUT2D eigenvalue weighted by molar-refractivity contribution is -0.384. The van der Waals surface area contributed by atoms with Gasteiger partial charge in [-0.1, -0.05) is 12.5 Å². The molecule has 1 saturated heterocycles. The number of non-ortho nitro benzene ring substituents is 1. The van der Waals surface area contributed by atoms with Crippen LogP contribution in [0.15, 0.2) is 48.5 Å². The first-order valence-corrected chi connectivity index (χ1v) is 10.5. The van der Waals surface area contributed by atoms with Crippen LogP contribution in [0.25, 0.3) is 0 Å². The molecule has 166 valence electrons. The first kappa shape index (κ1) is 21.5. The molecule has 1 spiro atoms. The molecule has 1 aliphatic carbocycles. The van der Waals surface area contributed by atoms with Crippen molar-refractivity contribution in [2.24, 2.45) is 5.92 Å². The Bertz CT molecular complexity index is 1060. The van der Waals surface area contributed by atoms with Crippen LogP contribution in [-0.4, -0.2) is 28.3 Å². The lowest BCUT2D eigenvalue weighted by Gasteiger charge is -2.36. The molecule has 1 unspecified atom stereocenters. The smallest absolute Gasteiger partial charge is 0.307 e. The molecule has 2 aromatic rings. The van der Waals surface area contributed by atoms with Gasteiger partial charge in [0, 0.05) is 29.1 Å². The van der Waals surface area contributed by atoms with Gasteiger partial charge >= 0.3 is 5.97 Å². The SMILES string of the molecule is O=C1CC(C(=O)Nc2ccc(C(=O)Nc3cccc([N+](=O)[O-])c3)cc2)C2(CCCCC2)O1. The standard InChI is InChI=1S/C23H23N3O6/c27-20-14-19(23(32-20)11-2-1-3-12-23)22(29)24-16-9-7-15(8-10-16)21(28)25-17-5-4-6-18(13-17)26(30)31/h4-10,13,19H,1-3,11-12,14H2,(H,24,29)(H,25,28). The fourth-order valence-electron chi connectivity index (χ4n) is 4.46. The van der Waals surface area contributed by atoms with Gasteiger partial charge in [0.2, 0.25) is 5.91 Å². The summed E-state index contributed by atoms with van der Waals surface area (Å²) in [5.41, 5.74) is 0.332. The largest absolute Gasteiger partial charge is 0.458 e. The first-order valence-electron chi connectivity index (χ1n) is 10.5. The Morgan fingerprint density at radius 1 is 1.00 bits per heavy atom. The molecule has 2 aliphatic rings. The highest BCUT2D eigenvalue weighted by molar-refractivity contribution is 6.05. The van der Waals surface area contributed by atoms with E-state index in [0.717, 1.165) is 19.3 Å². The molecule has 0 aromatic heterocycles. The van der Waals surface area contributed by atoms with E-state index in [4.69, 9.17) is 4.74 Å². The van der Waals surface area contributed by atoms with Crippen LogP contribution in [0.5, 0.6) is 0 Å². The van der Waals surface area contributed by atoms with Crippen molar-refractivity contribution >= 4 is 34.8 Å². The number of carbonyl (C=O) groups excluding carboxylic acids is 3. The molecule has 9 nitrogen and oxygen atoms in total. The molecule has 1 aliphatic heterocycles. The number of anilines is 2. The van der Waals surface area contributed by atoms with E-state index in [0.29, 0.717) is 29.8 Å². The summed E-state index contributed by atoms with van der Waals surface area (Å²) < 4.78 is 5.60. The minimum atomic E-state index is -0.697. The molecule has 32 heavy (non-hydrogen) atoms. The van der Waals surface area contributed by atoms with E-state index in [2.05, 4.69) is 10.6 Å². The van der Waals surface area contributed by atoms with Gasteiger partial charge in [-0.3, -0.25) is 24.5 Å². The normalized spacial score (nSPS) is 19.2. The third-order valence-electron chi connectivity index (χ3n) is 6.07. The molecule has 2 fully saturated rings. The molecular weight excluding hydrogens is 414 g/mol. The van der Waals surface area contributed by atoms with Crippen LogP contribution in [0.2, 0.25) is 0 Å². The van der Waals surface area contributed by atoms with Crippen LogP contribution in [-0.2, 0) is 14.3 Å². The van der Waals surface area contributed by atoms with Gasteiger partial charge in [-0.2, -0.15) is 0 Å². The molecule has 1 saturated carbocycles. The van der Waals surface area contributed by atoms with Crippen LogP contribution in [0.3, 0.4) is 0 Å². The van der Waals surface area contributed by atoms with E-state index >= 15 is 0 Å². The molecule has 4 rings (SSSR count). The number of hydrogen-bond donors (Lipinski definition) is 2. The number of nitro groups is 1. The molecular formula is C23H23N3O6. The van der Waals surface area contributed by atoms with Crippen molar-refractivity contribution in [1.29, 1.82) is 0 Å². The van der Waals surface area contributed by atoms with Gasteiger partial charge < -0.3 is 15.4 Å². The van der Waals surface area contributed by atoms with Crippen molar-refractivity contribution in [1.82, 2.24) is 0 Å². The van der Waals surface area contributed by atoms with Crippen LogP contribution >= 0.6 is 0 Å². The highest BCUT2D eigenvalue weighted by Crippen LogP contribution is 2.44. The molecule has 2 amide bonds. The second-order valence-corrected chi connectivity index (χ2v) is 8.18. The van der Waals surface area contributed by atoms with Crippen molar-refractivity contribution in [3.8, 4) is 0 Å². The van der Waals surface area contributed by atoms with E-state index in [1.54, 1.807) is 30.3 Å². The summed E-state index contributed by atoms with van der Waals surface area (Å²) in [6.45, 7) is 0. The fraction of sp³-hybridized carbons (Fsp3) is 0.348. The number of nitro benzene ring substituents is 1. The van der Waals surface area contributed by atoms with Crippen LogP contribution in [0, 0.1) is 16.0 Å². The Labute approximate surface area is 184 Å². The number of nitrogens with one attached hydrogen (secondary N) is 2. The third kappa shape index (κ3) is 4.46. The Morgan fingerprint density at radius 3 is 2.41 bits per heavy atom. The Morgan fingerprint density at radius 2 is 1.72 bits per heavy atom. The fourth-order valence-corrected chi connectivity index (χ4v) is 4.46. The summed E-state index contributed by atoms with van der Waals surface area (Å²) in [6.07, 6.45) is 4.43. The number of hydrogen-bond acceptors (Lipinski definition) is 6. The summed E-state index contributed by atoms with van der Waals surface area (Å²) in [7, 11) is 0.